The van der Waals surface area contributed by atoms with E-state index in [0.29, 0.717) is 0 Å². The van der Waals surface area contributed by atoms with E-state index in [-0.39, 0.29) is 0 Å². The van der Waals surface area contributed by atoms with Gasteiger partial charge >= 0.3 is 0 Å². The molecule has 78 heavy (non-hydrogen) atoms. The van der Waals surface area contributed by atoms with Crippen LogP contribution in [-0.2, 0) is 10.8 Å². The zero-order chi connectivity index (χ0) is 50.6. The Balaban J connectivity index is 1.01. The second kappa shape index (κ2) is 15.5. The quantitative estimate of drug-likeness (QED) is 0.171. The Bertz CT molecular complexity index is 4850. The van der Waals surface area contributed by atoms with Gasteiger partial charge in [-0.25, -0.2) is 0 Å². The van der Waals surface area contributed by atoms with Gasteiger partial charge in [0.1, 0.15) is 10.0 Å². The van der Waals surface area contributed by atoms with Gasteiger partial charge in [0.15, 0.2) is 0 Å². The fourth-order valence-corrected chi connectivity index (χ4v) is 22.0. The lowest BCUT2D eigenvalue weighted by Crippen LogP contribution is -2.45. The molecule has 1 aliphatic carbocycles. The molecule has 2 nitrogen and oxygen atoms in total. The second-order valence-electron chi connectivity index (χ2n) is 20.9. The molecule has 0 bridgehead atoms. The smallest absolute Gasteiger partial charge is 0.101 e. The van der Waals surface area contributed by atoms with Gasteiger partial charge in [0.05, 0.1) is 32.9 Å². The molecule has 0 N–H and O–H groups in total. The van der Waals surface area contributed by atoms with E-state index in [4.69, 9.17) is 0 Å². The lowest BCUT2D eigenvalue weighted by molar-refractivity contribution is 0.609. The van der Waals surface area contributed by atoms with Crippen LogP contribution in [0.4, 0.5) is 0 Å². The summed E-state index contributed by atoms with van der Waals surface area (Å²) < 4.78 is 10.6. The van der Waals surface area contributed by atoms with Gasteiger partial charge in [0.2, 0.25) is 0 Å². The molecular weight excluding hydrogens is 1060 g/mol. The minimum Gasteiger partial charge on any atom is -0.301 e. The fourth-order valence-electron chi connectivity index (χ4n) is 14.4. The molecule has 2 spiro atoms. The third-order valence-electron chi connectivity index (χ3n) is 17.3. The van der Waals surface area contributed by atoms with Gasteiger partial charge in [-0.2, -0.15) is 0 Å². The molecule has 0 saturated carbocycles. The summed E-state index contributed by atoms with van der Waals surface area (Å²) in [4.78, 5) is 7.98. The van der Waals surface area contributed by atoms with E-state index in [1.807, 2.05) is 68.9 Å². The Morgan fingerprint density at radius 1 is 0.256 bits per heavy atom. The third kappa shape index (κ3) is 5.28. The first-order valence-corrected chi connectivity index (χ1v) is 31.3. The van der Waals surface area contributed by atoms with E-state index >= 15 is 0 Å². The number of benzene rings is 10. The number of nitrogens with zero attached hydrogens (tertiary/aromatic N) is 2. The van der Waals surface area contributed by atoms with Crippen molar-refractivity contribution in [2.24, 2.45) is 0 Å². The molecular formula is C70H38N2S6. The van der Waals surface area contributed by atoms with Crippen molar-refractivity contribution in [3.05, 3.63) is 274 Å². The van der Waals surface area contributed by atoms with Gasteiger partial charge in [-0.15, -0.1) is 45.3 Å². The molecule has 16 aromatic rings. The minimum atomic E-state index is -0.675. The highest BCUT2D eigenvalue weighted by Gasteiger charge is 2.60. The number of fused-ring (bicyclic) bond motifs is 28. The van der Waals surface area contributed by atoms with Crippen molar-refractivity contribution < 1.29 is 0 Å². The molecule has 8 heteroatoms. The van der Waals surface area contributed by atoms with Crippen molar-refractivity contribution in [1.82, 2.24) is 9.13 Å². The van der Waals surface area contributed by atoms with Gasteiger partial charge in [0.25, 0.3) is 0 Å². The summed E-state index contributed by atoms with van der Waals surface area (Å²) in [5.74, 6) is 0. The van der Waals surface area contributed by atoms with Crippen LogP contribution in [0.15, 0.2) is 250 Å². The minimum absolute atomic E-state index is 0.675. The zero-order valence-electron chi connectivity index (χ0n) is 41.3. The normalized spacial score (nSPS) is 14.8. The molecule has 19 rings (SSSR count). The van der Waals surface area contributed by atoms with Gasteiger partial charge in [-0.1, -0.05) is 169 Å². The number of para-hydroxylation sites is 2. The molecule has 0 amide bonds. The predicted octanol–water partition coefficient (Wildman–Crippen LogP) is 20.7. The molecule has 0 unspecified atom stereocenters. The molecule has 0 fully saturated rings. The molecule has 0 saturated heterocycles. The van der Waals surface area contributed by atoms with Gasteiger partial charge < -0.3 is 9.13 Å². The van der Waals surface area contributed by atoms with Crippen molar-refractivity contribution in [2.45, 2.75) is 30.4 Å². The number of rotatable bonds is 2. The average Bonchev–Trinajstić information content (AvgIpc) is 3.58. The maximum atomic E-state index is 2.65. The number of aromatic nitrogens is 2. The summed E-state index contributed by atoms with van der Waals surface area (Å²) in [7, 11) is 0. The van der Waals surface area contributed by atoms with E-state index in [1.54, 1.807) is 0 Å². The molecule has 0 atom stereocenters. The molecule has 2 aliphatic heterocycles. The van der Waals surface area contributed by atoms with E-state index in [1.165, 1.54) is 157 Å². The van der Waals surface area contributed by atoms with Crippen LogP contribution in [0.1, 0.15) is 43.1 Å². The Morgan fingerprint density at radius 3 is 1.01 bits per heavy atom. The van der Waals surface area contributed by atoms with Crippen LogP contribution in [-0.4, -0.2) is 9.13 Å². The lowest BCUT2D eigenvalue weighted by Gasteiger charge is -2.51. The first kappa shape index (κ1) is 43.3. The molecule has 8 heterocycles. The van der Waals surface area contributed by atoms with Crippen LogP contribution in [0.25, 0.3) is 94.0 Å². The van der Waals surface area contributed by atoms with Crippen LogP contribution in [0, 0.1) is 0 Å². The van der Waals surface area contributed by atoms with Crippen LogP contribution in [0.5, 0.6) is 0 Å². The summed E-state index contributed by atoms with van der Waals surface area (Å²) in [6.07, 6.45) is 0. The Morgan fingerprint density at radius 2 is 0.603 bits per heavy atom. The number of hydrogen-bond donors (Lipinski definition) is 0. The zero-order valence-corrected chi connectivity index (χ0v) is 46.2. The molecule has 364 valence electrons. The average molecular weight is 1100 g/mol. The van der Waals surface area contributed by atoms with Crippen molar-refractivity contribution >= 4 is 153 Å². The summed E-state index contributed by atoms with van der Waals surface area (Å²) in [5.41, 5.74) is 11.7. The summed E-state index contributed by atoms with van der Waals surface area (Å²) in [5, 5.41) is 13.0. The van der Waals surface area contributed by atoms with E-state index in [2.05, 4.69) is 240 Å². The summed E-state index contributed by atoms with van der Waals surface area (Å²) in [6.45, 7) is 0. The van der Waals surface area contributed by atoms with E-state index in [0.717, 1.165) is 0 Å². The first-order valence-electron chi connectivity index (χ1n) is 26.4. The number of thiophene rings is 4. The monoisotopic (exact) mass is 1100 g/mol. The first-order chi connectivity index (χ1) is 38.7. The molecule has 0 radical (unpaired) electrons. The standard InChI is InChI=1S/C70H38N2S6/c1-9-25-49-39(17-1)63-51(33-35-59-65(63)41-19-3-11-27-53(41)73-59)71(49)61-37-47-67(77-61)70(45-23-7-15-31-57(45)76-58-32-16-8-24-46(58)70)48-38-62(78-68(48)69(47)43-21-5-13-29-55(43)75-56-30-14-6-22-44(56)69)72-50-26-10-2-18-40(50)64-52(72)34-36-60-66(64)42-20-4-12-28-54(42)74-60/h1-38H. The van der Waals surface area contributed by atoms with Gasteiger partial charge in [-0.05, 0) is 118 Å². The molecule has 3 aliphatic rings. The third-order valence-corrected chi connectivity index (χ3v) is 24.4. The topological polar surface area (TPSA) is 9.86 Å². The Hall–Kier alpha value is -7.66. The summed E-state index contributed by atoms with van der Waals surface area (Å²) >= 11 is 11.7. The van der Waals surface area contributed by atoms with Gasteiger partial charge in [-0.3, -0.25) is 0 Å². The highest BCUT2D eigenvalue weighted by Crippen LogP contribution is 2.70. The largest absolute Gasteiger partial charge is 0.301 e. The fraction of sp³-hybridized carbons (Fsp3) is 0.0286. The van der Waals surface area contributed by atoms with Crippen LogP contribution >= 0.6 is 68.9 Å². The van der Waals surface area contributed by atoms with Crippen LogP contribution in [0.3, 0.4) is 0 Å². The van der Waals surface area contributed by atoms with E-state index < -0.39 is 10.8 Å². The van der Waals surface area contributed by atoms with Crippen LogP contribution < -0.4 is 0 Å². The Labute approximate surface area is 472 Å². The SMILES string of the molecule is c1ccc2c(c1)Sc1ccccc1C21c2cc(-n3c4ccccc4c4c5c(ccc43)sc3ccccc35)sc2C2(c3ccccc3Sc3ccccc32)c2cc(-n3c4ccccc4c4c5c(ccc43)sc3ccccc35)sc21. The van der Waals surface area contributed by atoms with Crippen LogP contribution in [0.2, 0.25) is 0 Å². The maximum absolute atomic E-state index is 2.65. The second-order valence-corrected chi connectivity index (χ2v) is 27.3. The van der Waals surface area contributed by atoms with E-state index in [9.17, 15) is 0 Å². The number of hydrogen-bond acceptors (Lipinski definition) is 6. The lowest BCUT2D eigenvalue weighted by atomic mass is 9.55. The highest BCUT2D eigenvalue weighted by atomic mass is 32.2. The van der Waals surface area contributed by atoms with Crippen molar-refractivity contribution in [1.29, 1.82) is 0 Å². The maximum Gasteiger partial charge on any atom is 0.101 e. The van der Waals surface area contributed by atoms with Crippen molar-refractivity contribution in [3.8, 4) is 10.0 Å². The highest BCUT2D eigenvalue weighted by molar-refractivity contribution is 7.99. The molecule has 10 aromatic carbocycles. The predicted molar refractivity (Wildman–Crippen MR) is 335 cm³/mol. The van der Waals surface area contributed by atoms with Crippen molar-refractivity contribution in [2.75, 3.05) is 0 Å². The molecule has 6 aromatic heterocycles. The Kier molecular flexibility index (Phi) is 8.64. The van der Waals surface area contributed by atoms with Gasteiger partial charge in [0, 0.05) is 91.2 Å². The summed E-state index contributed by atoms with van der Waals surface area (Å²) in [6, 6.07) is 88.6. The van der Waals surface area contributed by atoms with Crippen molar-refractivity contribution in [3.63, 3.8) is 0 Å².